The molecular formula is C9H19N3O. The third-order valence-corrected chi connectivity index (χ3v) is 2.52. The first-order valence-corrected chi connectivity index (χ1v) is 4.96. The molecule has 2 amide bonds. The van der Waals surface area contributed by atoms with E-state index in [2.05, 4.69) is 12.2 Å². The first kappa shape index (κ1) is 10.3. The van der Waals surface area contributed by atoms with Crippen molar-refractivity contribution in [2.75, 3.05) is 13.1 Å². The van der Waals surface area contributed by atoms with Gasteiger partial charge < -0.3 is 16.0 Å². The van der Waals surface area contributed by atoms with Gasteiger partial charge in [-0.3, -0.25) is 0 Å². The van der Waals surface area contributed by atoms with Crippen LogP contribution in [0.25, 0.3) is 0 Å². The normalized spacial score (nSPS) is 24.7. The van der Waals surface area contributed by atoms with E-state index in [0.717, 1.165) is 19.4 Å². The van der Waals surface area contributed by atoms with Gasteiger partial charge in [-0.25, -0.2) is 4.79 Å². The van der Waals surface area contributed by atoms with Crippen molar-refractivity contribution in [1.82, 2.24) is 10.2 Å². The molecular weight excluding hydrogens is 166 g/mol. The highest BCUT2D eigenvalue weighted by molar-refractivity contribution is 5.77. The van der Waals surface area contributed by atoms with Crippen LogP contribution in [0, 0.1) is 0 Å². The van der Waals surface area contributed by atoms with Crippen LogP contribution in [0.3, 0.4) is 0 Å². The fraction of sp³-hybridized carbons (Fsp3) is 0.889. The van der Waals surface area contributed by atoms with Crippen LogP contribution in [0.5, 0.6) is 0 Å². The van der Waals surface area contributed by atoms with Gasteiger partial charge in [0.05, 0.1) is 0 Å². The highest BCUT2D eigenvalue weighted by atomic mass is 16.2. The minimum atomic E-state index is 0.0383. The summed E-state index contributed by atoms with van der Waals surface area (Å²) in [5.41, 5.74) is 5.51. The van der Waals surface area contributed by atoms with Crippen molar-refractivity contribution in [2.45, 2.75) is 38.8 Å². The van der Waals surface area contributed by atoms with Crippen LogP contribution in [-0.2, 0) is 0 Å². The van der Waals surface area contributed by atoms with E-state index in [0.29, 0.717) is 12.6 Å². The average Bonchev–Trinajstić information content (AvgIpc) is 2.46. The summed E-state index contributed by atoms with van der Waals surface area (Å²) < 4.78 is 0. The van der Waals surface area contributed by atoms with E-state index >= 15 is 0 Å². The summed E-state index contributed by atoms with van der Waals surface area (Å²) in [4.78, 5) is 13.2. The molecule has 0 aromatic heterocycles. The highest BCUT2D eigenvalue weighted by Crippen LogP contribution is 2.11. The number of urea groups is 1. The Morgan fingerprint density at radius 3 is 3.00 bits per heavy atom. The minimum absolute atomic E-state index is 0.0383. The van der Waals surface area contributed by atoms with Crippen molar-refractivity contribution in [3.8, 4) is 0 Å². The second kappa shape index (κ2) is 4.46. The van der Waals surface area contributed by atoms with Gasteiger partial charge >= 0.3 is 6.03 Å². The molecule has 0 aliphatic carbocycles. The smallest absolute Gasteiger partial charge is 0.318 e. The van der Waals surface area contributed by atoms with Crippen LogP contribution in [0.1, 0.15) is 26.7 Å². The maximum atomic E-state index is 11.4. The van der Waals surface area contributed by atoms with Crippen molar-refractivity contribution in [2.24, 2.45) is 5.73 Å². The Labute approximate surface area is 79.5 Å². The first-order chi connectivity index (χ1) is 6.19. The zero-order chi connectivity index (χ0) is 9.84. The summed E-state index contributed by atoms with van der Waals surface area (Å²) in [7, 11) is 0. The number of rotatable bonds is 4. The number of nitrogens with zero attached hydrogens (tertiary/aromatic N) is 1. The molecule has 2 atom stereocenters. The van der Waals surface area contributed by atoms with Gasteiger partial charge in [-0.1, -0.05) is 13.3 Å². The quantitative estimate of drug-likeness (QED) is 0.671. The lowest BCUT2D eigenvalue weighted by Gasteiger charge is -2.21. The monoisotopic (exact) mass is 185 g/mol. The number of hydrogen-bond donors (Lipinski definition) is 2. The van der Waals surface area contributed by atoms with Crippen LogP contribution in [0.4, 0.5) is 4.79 Å². The maximum absolute atomic E-state index is 11.4. The van der Waals surface area contributed by atoms with E-state index < -0.39 is 0 Å². The molecule has 13 heavy (non-hydrogen) atoms. The molecule has 0 spiro atoms. The topological polar surface area (TPSA) is 58.4 Å². The predicted octanol–water partition coefficient (Wildman–Crippen LogP) is 0.528. The zero-order valence-electron chi connectivity index (χ0n) is 8.42. The van der Waals surface area contributed by atoms with Gasteiger partial charge in [0.15, 0.2) is 0 Å². The van der Waals surface area contributed by atoms with Crippen LogP contribution in [-0.4, -0.2) is 36.1 Å². The van der Waals surface area contributed by atoms with Gasteiger partial charge in [0, 0.05) is 25.2 Å². The van der Waals surface area contributed by atoms with Crippen LogP contribution in [0.15, 0.2) is 0 Å². The van der Waals surface area contributed by atoms with E-state index in [-0.39, 0.29) is 12.1 Å². The standard InChI is InChI=1S/C9H19N3O/c1-3-4-8-6-12(7(2)5-10)9(13)11-8/h7-8H,3-6,10H2,1-2H3,(H,11,13). The Morgan fingerprint density at radius 1 is 1.77 bits per heavy atom. The van der Waals surface area contributed by atoms with Crippen molar-refractivity contribution in [1.29, 1.82) is 0 Å². The molecule has 1 rings (SSSR count). The molecule has 1 fully saturated rings. The van der Waals surface area contributed by atoms with Gasteiger partial charge in [-0.15, -0.1) is 0 Å². The Morgan fingerprint density at radius 2 is 2.46 bits per heavy atom. The molecule has 3 N–H and O–H groups in total. The number of nitrogens with one attached hydrogen (secondary N) is 1. The largest absolute Gasteiger partial charge is 0.333 e. The van der Waals surface area contributed by atoms with E-state index in [1.807, 2.05) is 11.8 Å². The Kier molecular flexibility index (Phi) is 3.54. The first-order valence-electron chi connectivity index (χ1n) is 4.96. The molecule has 4 heteroatoms. The summed E-state index contributed by atoms with van der Waals surface area (Å²) in [5.74, 6) is 0. The lowest BCUT2D eigenvalue weighted by Crippen LogP contribution is -2.40. The maximum Gasteiger partial charge on any atom is 0.318 e. The molecule has 1 aliphatic heterocycles. The molecule has 1 aliphatic rings. The fourth-order valence-electron chi connectivity index (χ4n) is 1.64. The van der Waals surface area contributed by atoms with E-state index in [4.69, 9.17) is 5.73 Å². The van der Waals surface area contributed by atoms with Gasteiger partial charge in [-0.05, 0) is 13.3 Å². The molecule has 1 heterocycles. The lowest BCUT2D eigenvalue weighted by molar-refractivity contribution is 0.203. The Hall–Kier alpha value is -0.770. The summed E-state index contributed by atoms with van der Waals surface area (Å²) in [6, 6.07) is 0.518. The number of carbonyl (C=O) groups is 1. The molecule has 0 bridgehead atoms. The fourth-order valence-corrected chi connectivity index (χ4v) is 1.64. The molecule has 2 unspecified atom stereocenters. The average molecular weight is 185 g/mol. The van der Waals surface area contributed by atoms with E-state index in [1.54, 1.807) is 0 Å². The second-order valence-electron chi connectivity index (χ2n) is 3.67. The third kappa shape index (κ3) is 2.34. The number of carbonyl (C=O) groups excluding carboxylic acids is 1. The number of amides is 2. The summed E-state index contributed by atoms with van der Waals surface area (Å²) in [6.45, 7) is 5.45. The SMILES string of the molecule is CCCC1CN(C(C)CN)C(=O)N1. The summed E-state index contributed by atoms with van der Waals surface area (Å²) in [5, 5.41) is 2.95. The Bertz CT molecular complexity index is 184. The highest BCUT2D eigenvalue weighted by Gasteiger charge is 2.30. The van der Waals surface area contributed by atoms with Gasteiger partial charge in [0.25, 0.3) is 0 Å². The molecule has 0 aromatic carbocycles. The molecule has 4 nitrogen and oxygen atoms in total. The van der Waals surface area contributed by atoms with Crippen LogP contribution >= 0.6 is 0 Å². The van der Waals surface area contributed by atoms with Crippen molar-refractivity contribution < 1.29 is 4.79 Å². The van der Waals surface area contributed by atoms with E-state index in [9.17, 15) is 4.79 Å². The van der Waals surface area contributed by atoms with E-state index in [1.165, 1.54) is 0 Å². The third-order valence-electron chi connectivity index (χ3n) is 2.52. The van der Waals surface area contributed by atoms with Gasteiger partial charge in [-0.2, -0.15) is 0 Å². The molecule has 0 saturated carbocycles. The summed E-state index contributed by atoms with van der Waals surface area (Å²) >= 11 is 0. The zero-order valence-corrected chi connectivity index (χ0v) is 8.42. The van der Waals surface area contributed by atoms with Gasteiger partial charge in [0.1, 0.15) is 0 Å². The summed E-state index contributed by atoms with van der Waals surface area (Å²) in [6.07, 6.45) is 2.16. The minimum Gasteiger partial charge on any atom is -0.333 e. The molecule has 0 radical (unpaired) electrons. The van der Waals surface area contributed by atoms with Crippen molar-refractivity contribution >= 4 is 6.03 Å². The van der Waals surface area contributed by atoms with Crippen molar-refractivity contribution in [3.63, 3.8) is 0 Å². The Balaban J connectivity index is 2.46. The second-order valence-corrected chi connectivity index (χ2v) is 3.67. The van der Waals surface area contributed by atoms with Crippen LogP contribution in [0.2, 0.25) is 0 Å². The van der Waals surface area contributed by atoms with Crippen molar-refractivity contribution in [3.05, 3.63) is 0 Å². The number of hydrogen-bond acceptors (Lipinski definition) is 2. The van der Waals surface area contributed by atoms with Crippen LogP contribution < -0.4 is 11.1 Å². The predicted molar refractivity (Wildman–Crippen MR) is 52.5 cm³/mol. The molecule has 76 valence electrons. The lowest BCUT2D eigenvalue weighted by atomic mass is 10.2. The van der Waals surface area contributed by atoms with Gasteiger partial charge in [0.2, 0.25) is 0 Å². The number of nitrogens with two attached hydrogens (primary N) is 1. The molecule has 0 aromatic rings. The molecule has 1 saturated heterocycles.